The van der Waals surface area contributed by atoms with E-state index in [1.165, 1.54) is 24.3 Å². The summed E-state index contributed by atoms with van der Waals surface area (Å²) in [7, 11) is 0. The summed E-state index contributed by atoms with van der Waals surface area (Å²) in [6, 6.07) is 8.07. The molecule has 6 heteroatoms. The summed E-state index contributed by atoms with van der Waals surface area (Å²) in [4.78, 5) is 0. The van der Waals surface area contributed by atoms with Crippen LogP contribution in [0.3, 0.4) is 0 Å². The highest BCUT2D eigenvalue weighted by Gasteiger charge is 2.33. The van der Waals surface area contributed by atoms with Gasteiger partial charge in [0.1, 0.15) is 11.6 Å². The van der Waals surface area contributed by atoms with Crippen LogP contribution in [0, 0.1) is 11.6 Å². The number of para-hydroxylation sites is 1. The van der Waals surface area contributed by atoms with Crippen LogP contribution >= 0.6 is 0 Å². The van der Waals surface area contributed by atoms with Crippen LogP contribution in [0.1, 0.15) is 11.1 Å². The molecule has 0 aromatic heterocycles. The van der Waals surface area contributed by atoms with Gasteiger partial charge in [0.25, 0.3) is 0 Å². The lowest BCUT2D eigenvalue weighted by Gasteiger charge is -2.14. The van der Waals surface area contributed by atoms with Crippen molar-refractivity contribution in [2.45, 2.75) is 12.7 Å². The van der Waals surface area contributed by atoms with Crippen LogP contribution in [-0.2, 0) is 12.7 Å². The molecule has 2 aromatic rings. The van der Waals surface area contributed by atoms with E-state index in [1.54, 1.807) is 0 Å². The first kappa shape index (κ1) is 14.3. The Morgan fingerprint density at radius 3 is 2.05 bits per heavy atom. The quantitative estimate of drug-likeness (QED) is 0.814. The zero-order valence-electron chi connectivity index (χ0n) is 10.1. The van der Waals surface area contributed by atoms with Crippen molar-refractivity contribution in [2.75, 3.05) is 5.32 Å². The average Bonchev–Trinajstić information content (AvgIpc) is 2.37. The Morgan fingerprint density at radius 1 is 0.850 bits per heavy atom. The minimum absolute atomic E-state index is 0.220. The van der Waals surface area contributed by atoms with E-state index in [1.807, 2.05) is 0 Å². The summed E-state index contributed by atoms with van der Waals surface area (Å²) < 4.78 is 65.0. The van der Waals surface area contributed by atoms with Crippen LogP contribution in [0.4, 0.5) is 27.6 Å². The molecule has 0 unspecified atom stereocenters. The van der Waals surface area contributed by atoms with Crippen LogP contribution in [0.5, 0.6) is 0 Å². The lowest BCUT2D eigenvalue weighted by atomic mass is 10.1. The van der Waals surface area contributed by atoms with Crippen molar-refractivity contribution in [1.29, 1.82) is 0 Å². The smallest absolute Gasteiger partial charge is 0.380 e. The molecule has 0 aliphatic heterocycles. The van der Waals surface area contributed by atoms with Gasteiger partial charge in [-0.05, 0) is 24.3 Å². The Hall–Kier alpha value is -2.11. The van der Waals surface area contributed by atoms with E-state index in [2.05, 4.69) is 5.32 Å². The standard InChI is InChI=1S/C14H10F5N/c15-11-5-3-6-12(16)9(11)8-20-13-7-2-1-4-10(13)14(17,18)19/h1-7,20H,8H2. The zero-order chi connectivity index (χ0) is 14.8. The van der Waals surface area contributed by atoms with Crippen LogP contribution in [0.2, 0.25) is 0 Å². The van der Waals surface area contributed by atoms with E-state index in [0.717, 1.165) is 18.2 Å². The fraction of sp³-hybridized carbons (Fsp3) is 0.143. The van der Waals surface area contributed by atoms with Gasteiger partial charge in [0, 0.05) is 17.8 Å². The molecule has 1 N–H and O–H groups in total. The number of anilines is 1. The van der Waals surface area contributed by atoms with Crippen LogP contribution in [0.25, 0.3) is 0 Å². The Morgan fingerprint density at radius 2 is 1.45 bits per heavy atom. The number of halogens is 5. The third kappa shape index (κ3) is 3.07. The van der Waals surface area contributed by atoms with E-state index < -0.39 is 23.4 Å². The Bertz CT molecular complexity index is 587. The summed E-state index contributed by atoms with van der Waals surface area (Å²) in [5.74, 6) is -1.61. The van der Waals surface area contributed by atoms with Gasteiger partial charge in [-0.15, -0.1) is 0 Å². The minimum Gasteiger partial charge on any atom is -0.380 e. The molecule has 1 nitrogen and oxygen atoms in total. The normalized spacial score (nSPS) is 11.4. The second-order valence-corrected chi connectivity index (χ2v) is 4.10. The minimum atomic E-state index is -4.53. The predicted molar refractivity (Wildman–Crippen MR) is 65.1 cm³/mol. The van der Waals surface area contributed by atoms with Crippen LogP contribution < -0.4 is 5.32 Å². The third-order valence-electron chi connectivity index (χ3n) is 2.75. The molecular formula is C14H10F5N. The van der Waals surface area contributed by atoms with Gasteiger partial charge < -0.3 is 5.32 Å². The molecule has 0 saturated carbocycles. The molecule has 0 atom stereocenters. The largest absolute Gasteiger partial charge is 0.418 e. The number of alkyl halides is 3. The molecule has 2 rings (SSSR count). The lowest BCUT2D eigenvalue weighted by molar-refractivity contribution is -0.136. The first-order valence-electron chi connectivity index (χ1n) is 5.72. The van der Waals surface area contributed by atoms with Crippen molar-refractivity contribution in [3.8, 4) is 0 Å². The summed E-state index contributed by atoms with van der Waals surface area (Å²) in [6.07, 6.45) is -4.53. The Balaban J connectivity index is 2.24. The monoisotopic (exact) mass is 287 g/mol. The van der Waals surface area contributed by atoms with Crippen LogP contribution in [0.15, 0.2) is 42.5 Å². The number of hydrogen-bond acceptors (Lipinski definition) is 1. The average molecular weight is 287 g/mol. The third-order valence-corrected chi connectivity index (χ3v) is 2.75. The SMILES string of the molecule is Fc1cccc(F)c1CNc1ccccc1C(F)(F)F. The highest BCUT2D eigenvalue weighted by atomic mass is 19.4. The van der Waals surface area contributed by atoms with Crippen LogP contribution in [-0.4, -0.2) is 0 Å². The first-order chi connectivity index (χ1) is 9.39. The predicted octanol–water partition coefficient (Wildman–Crippen LogP) is 4.60. The maximum Gasteiger partial charge on any atom is 0.418 e. The molecule has 0 spiro atoms. The summed E-state index contributed by atoms with van der Waals surface area (Å²) in [5, 5.41) is 2.42. The van der Waals surface area contributed by atoms with Gasteiger partial charge in [-0.2, -0.15) is 13.2 Å². The second kappa shape index (κ2) is 5.48. The molecule has 0 heterocycles. The van der Waals surface area contributed by atoms with E-state index >= 15 is 0 Å². The van der Waals surface area contributed by atoms with E-state index in [9.17, 15) is 22.0 Å². The van der Waals surface area contributed by atoms with Gasteiger partial charge >= 0.3 is 6.18 Å². The van der Waals surface area contributed by atoms with Crippen molar-refractivity contribution in [2.24, 2.45) is 0 Å². The van der Waals surface area contributed by atoms with E-state index in [-0.39, 0.29) is 17.8 Å². The maximum atomic E-state index is 13.4. The topological polar surface area (TPSA) is 12.0 Å². The highest BCUT2D eigenvalue weighted by molar-refractivity contribution is 5.52. The van der Waals surface area contributed by atoms with Gasteiger partial charge in [-0.1, -0.05) is 18.2 Å². The molecule has 2 aromatic carbocycles. The molecule has 0 aliphatic carbocycles. The molecule has 0 saturated heterocycles. The second-order valence-electron chi connectivity index (χ2n) is 4.10. The van der Waals surface area contributed by atoms with Crippen molar-refractivity contribution >= 4 is 5.69 Å². The summed E-state index contributed by atoms with van der Waals surface area (Å²) in [5.41, 5.74) is -1.40. The summed E-state index contributed by atoms with van der Waals surface area (Å²) >= 11 is 0. The van der Waals surface area contributed by atoms with Gasteiger partial charge in [-0.25, -0.2) is 8.78 Å². The molecule has 20 heavy (non-hydrogen) atoms. The van der Waals surface area contributed by atoms with E-state index in [0.29, 0.717) is 0 Å². The van der Waals surface area contributed by atoms with Crippen molar-refractivity contribution in [3.63, 3.8) is 0 Å². The van der Waals surface area contributed by atoms with Gasteiger partial charge in [0.05, 0.1) is 5.56 Å². The number of hydrogen-bond donors (Lipinski definition) is 1. The van der Waals surface area contributed by atoms with E-state index in [4.69, 9.17) is 0 Å². The highest BCUT2D eigenvalue weighted by Crippen LogP contribution is 2.34. The van der Waals surface area contributed by atoms with Crippen molar-refractivity contribution < 1.29 is 22.0 Å². The molecular weight excluding hydrogens is 277 g/mol. The molecule has 0 fully saturated rings. The Labute approximate surface area is 112 Å². The molecule has 106 valence electrons. The van der Waals surface area contributed by atoms with Gasteiger partial charge in [0.15, 0.2) is 0 Å². The molecule has 0 radical (unpaired) electrons. The van der Waals surface area contributed by atoms with Crippen molar-refractivity contribution in [3.05, 3.63) is 65.2 Å². The summed E-state index contributed by atoms with van der Waals surface area (Å²) in [6.45, 7) is -0.369. The Kier molecular flexibility index (Phi) is 3.92. The lowest BCUT2D eigenvalue weighted by Crippen LogP contribution is -2.11. The van der Waals surface area contributed by atoms with Crippen molar-refractivity contribution in [1.82, 2.24) is 0 Å². The van der Waals surface area contributed by atoms with Gasteiger partial charge in [0.2, 0.25) is 0 Å². The first-order valence-corrected chi connectivity index (χ1v) is 5.72. The number of rotatable bonds is 3. The fourth-order valence-electron chi connectivity index (χ4n) is 1.77. The van der Waals surface area contributed by atoms with Gasteiger partial charge in [-0.3, -0.25) is 0 Å². The molecule has 0 aliphatic rings. The fourth-order valence-corrected chi connectivity index (χ4v) is 1.77. The molecule has 0 bridgehead atoms. The molecule has 0 amide bonds. The zero-order valence-corrected chi connectivity index (χ0v) is 10.1. The number of nitrogens with one attached hydrogen (secondary N) is 1. The number of benzene rings is 2. The maximum absolute atomic E-state index is 13.4.